The van der Waals surface area contributed by atoms with Gasteiger partial charge in [0, 0.05) is 18.1 Å². The van der Waals surface area contributed by atoms with E-state index in [1.54, 1.807) is 10.7 Å². The average molecular weight is 276 g/mol. The molecule has 0 unspecified atom stereocenters. The molecule has 0 aliphatic rings. The molecule has 4 heterocycles. The third-order valence-corrected chi connectivity index (χ3v) is 3.29. The number of hydrogen-bond acceptors (Lipinski definition) is 4. The van der Waals surface area contributed by atoms with Gasteiger partial charge in [-0.05, 0) is 31.2 Å². The van der Waals surface area contributed by atoms with Gasteiger partial charge in [-0.3, -0.25) is 4.57 Å². The maximum Gasteiger partial charge on any atom is 0.163 e. The topological polar surface area (TPSA) is 60.9 Å². The monoisotopic (exact) mass is 276 g/mol. The Morgan fingerprint density at radius 3 is 2.90 bits per heavy atom. The average Bonchev–Trinajstić information content (AvgIpc) is 3.15. The highest BCUT2D eigenvalue weighted by Gasteiger charge is 2.10. The number of pyridine rings is 2. The van der Waals surface area contributed by atoms with Crippen molar-refractivity contribution < 1.29 is 0 Å². The molecule has 21 heavy (non-hydrogen) atoms. The van der Waals surface area contributed by atoms with Crippen LogP contribution in [0.15, 0.2) is 55.2 Å². The van der Waals surface area contributed by atoms with Gasteiger partial charge in [-0.25, -0.2) is 19.5 Å². The molecule has 4 aromatic rings. The van der Waals surface area contributed by atoms with E-state index in [2.05, 4.69) is 20.1 Å². The molecular formula is C15H12N6. The Hall–Kier alpha value is -3.02. The maximum absolute atomic E-state index is 4.54. The second kappa shape index (κ2) is 4.52. The van der Waals surface area contributed by atoms with Crippen LogP contribution in [0.4, 0.5) is 0 Å². The Morgan fingerprint density at radius 2 is 2.00 bits per heavy atom. The molecule has 6 heteroatoms. The molecule has 0 bridgehead atoms. The lowest BCUT2D eigenvalue weighted by molar-refractivity contribution is 0.932. The lowest BCUT2D eigenvalue weighted by Crippen LogP contribution is -2.00. The van der Waals surface area contributed by atoms with Crippen LogP contribution in [0.1, 0.15) is 5.69 Å². The lowest BCUT2D eigenvalue weighted by Gasteiger charge is -2.08. The fraction of sp³-hybridized carbons (Fsp3) is 0.0667. The number of aryl methyl sites for hydroxylation is 1. The summed E-state index contributed by atoms with van der Waals surface area (Å²) in [6.45, 7) is 1.97. The molecule has 0 aromatic carbocycles. The lowest BCUT2D eigenvalue weighted by atomic mass is 10.3. The molecule has 0 spiro atoms. The zero-order valence-corrected chi connectivity index (χ0v) is 11.4. The van der Waals surface area contributed by atoms with Gasteiger partial charge in [-0.15, -0.1) is 0 Å². The van der Waals surface area contributed by atoms with Gasteiger partial charge in [-0.2, -0.15) is 5.10 Å². The summed E-state index contributed by atoms with van der Waals surface area (Å²) in [5.74, 6) is 0.804. The predicted molar refractivity (Wildman–Crippen MR) is 78.1 cm³/mol. The van der Waals surface area contributed by atoms with Gasteiger partial charge in [0.15, 0.2) is 11.5 Å². The van der Waals surface area contributed by atoms with Gasteiger partial charge >= 0.3 is 0 Å². The molecule has 0 radical (unpaired) electrons. The van der Waals surface area contributed by atoms with E-state index in [-0.39, 0.29) is 0 Å². The summed E-state index contributed by atoms with van der Waals surface area (Å²) < 4.78 is 3.73. The Labute approximate surface area is 120 Å². The van der Waals surface area contributed by atoms with Crippen molar-refractivity contribution in [3.05, 3.63) is 60.9 Å². The minimum absolute atomic E-state index is 0.804. The normalized spacial score (nSPS) is 11.1. The third kappa shape index (κ3) is 1.97. The summed E-state index contributed by atoms with van der Waals surface area (Å²) in [7, 11) is 0. The Balaban J connectivity index is 1.88. The Bertz CT molecular complexity index is 920. The molecule has 4 aromatic heterocycles. The van der Waals surface area contributed by atoms with Gasteiger partial charge in [0.1, 0.15) is 12.0 Å². The van der Waals surface area contributed by atoms with Crippen LogP contribution in [0.3, 0.4) is 0 Å². The van der Waals surface area contributed by atoms with E-state index in [0.29, 0.717) is 0 Å². The molecule has 0 amide bonds. The van der Waals surface area contributed by atoms with Gasteiger partial charge in [0.25, 0.3) is 0 Å². The van der Waals surface area contributed by atoms with Crippen LogP contribution in [0.2, 0.25) is 0 Å². The molecule has 0 atom stereocenters. The van der Waals surface area contributed by atoms with Crippen LogP contribution in [-0.2, 0) is 0 Å². The fourth-order valence-electron chi connectivity index (χ4n) is 2.32. The molecule has 0 saturated heterocycles. The van der Waals surface area contributed by atoms with Gasteiger partial charge in [-0.1, -0.05) is 6.07 Å². The van der Waals surface area contributed by atoms with Crippen molar-refractivity contribution in [1.29, 1.82) is 0 Å². The largest absolute Gasteiger partial charge is 0.297 e. The van der Waals surface area contributed by atoms with E-state index in [0.717, 1.165) is 28.5 Å². The molecule has 0 fully saturated rings. The Morgan fingerprint density at radius 1 is 1.05 bits per heavy atom. The first-order valence-electron chi connectivity index (χ1n) is 6.58. The highest BCUT2D eigenvalue weighted by molar-refractivity contribution is 5.55. The second-order valence-corrected chi connectivity index (χ2v) is 4.74. The minimum Gasteiger partial charge on any atom is -0.297 e. The summed E-state index contributed by atoms with van der Waals surface area (Å²) in [4.78, 5) is 13.1. The first-order chi connectivity index (χ1) is 10.3. The molecule has 0 N–H and O–H groups in total. The van der Waals surface area contributed by atoms with E-state index in [1.807, 2.05) is 54.2 Å². The molecule has 0 saturated carbocycles. The number of nitrogens with zero attached hydrogens (tertiary/aromatic N) is 6. The summed E-state index contributed by atoms with van der Waals surface area (Å²) in [6.07, 6.45) is 7.14. The van der Waals surface area contributed by atoms with Crippen molar-refractivity contribution in [2.45, 2.75) is 6.92 Å². The second-order valence-electron chi connectivity index (χ2n) is 4.74. The molecule has 4 rings (SSSR count). The quantitative estimate of drug-likeness (QED) is 0.563. The standard InChI is InChI=1S/C15H12N6/c1-11-3-2-4-13(19-11)15-16-7-8-20(15)12-5-6-14-17-10-18-21(14)9-12/h2-10H,1H3. The number of hydrogen-bond donors (Lipinski definition) is 0. The highest BCUT2D eigenvalue weighted by atomic mass is 15.3. The van der Waals surface area contributed by atoms with Crippen LogP contribution in [0.5, 0.6) is 0 Å². The third-order valence-electron chi connectivity index (χ3n) is 3.29. The fourth-order valence-corrected chi connectivity index (χ4v) is 2.32. The van der Waals surface area contributed by atoms with Crippen molar-refractivity contribution in [1.82, 2.24) is 29.1 Å². The van der Waals surface area contributed by atoms with Crippen LogP contribution in [-0.4, -0.2) is 29.1 Å². The van der Waals surface area contributed by atoms with Gasteiger partial charge < -0.3 is 0 Å². The number of imidazole rings is 1. The van der Waals surface area contributed by atoms with E-state index in [1.165, 1.54) is 6.33 Å². The summed E-state index contributed by atoms with van der Waals surface area (Å²) in [5.41, 5.74) is 3.59. The van der Waals surface area contributed by atoms with E-state index >= 15 is 0 Å². The zero-order valence-electron chi connectivity index (χ0n) is 11.4. The van der Waals surface area contributed by atoms with Crippen molar-refractivity contribution in [2.75, 3.05) is 0 Å². The zero-order chi connectivity index (χ0) is 14.2. The molecule has 0 aliphatic heterocycles. The van der Waals surface area contributed by atoms with E-state index in [9.17, 15) is 0 Å². The molecular weight excluding hydrogens is 264 g/mol. The number of fused-ring (bicyclic) bond motifs is 1. The smallest absolute Gasteiger partial charge is 0.163 e. The van der Waals surface area contributed by atoms with Crippen molar-refractivity contribution in [3.63, 3.8) is 0 Å². The number of rotatable bonds is 2. The van der Waals surface area contributed by atoms with Gasteiger partial charge in [0.2, 0.25) is 0 Å². The summed E-state index contributed by atoms with van der Waals surface area (Å²) in [6, 6.07) is 9.83. The molecule has 0 aliphatic carbocycles. The highest BCUT2D eigenvalue weighted by Crippen LogP contribution is 2.20. The SMILES string of the molecule is Cc1cccc(-c2nccn2-c2ccc3ncnn3c2)n1. The van der Waals surface area contributed by atoms with Crippen LogP contribution in [0.25, 0.3) is 22.9 Å². The van der Waals surface area contributed by atoms with Crippen molar-refractivity contribution >= 4 is 5.65 Å². The van der Waals surface area contributed by atoms with Crippen LogP contribution in [0, 0.1) is 6.92 Å². The first-order valence-corrected chi connectivity index (χ1v) is 6.58. The van der Waals surface area contributed by atoms with E-state index < -0.39 is 0 Å². The van der Waals surface area contributed by atoms with Crippen molar-refractivity contribution in [2.24, 2.45) is 0 Å². The van der Waals surface area contributed by atoms with Gasteiger partial charge in [0.05, 0.1) is 11.9 Å². The predicted octanol–water partition coefficient (Wildman–Crippen LogP) is 2.29. The van der Waals surface area contributed by atoms with E-state index in [4.69, 9.17) is 0 Å². The summed E-state index contributed by atoms with van der Waals surface area (Å²) >= 11 is 0. The maximum atomic E-state index is 4.54. The first kappa shape index (κ1) is 11.8. The van der Waals surface area contributed by atoms with Crippen molar-refractivity contribution in [3.8, 4) is 17.2 Å². The van der Waals surface area contributed by atoms with Crippen LogP contribution < -0.4 is 0 Å². The molecule has 102 valence electrons. The number of aromatic nitrogens is 6. The Kier molecular flexibility index (Phi) is 2.53. The minimum atomic E-state index is 0.804. The summed E-state index contributed by atoms with van der Waals surface area (Å²) in [5, 5.41) is 4.16. The molecule has 6 nitrogen and oxygen atoms in total. The van der Waals surface area contributed by atoms with Crippen LogP contribution >= 0.6 is 0 Å².